The lowest BCUT2D eigenvalue weighted by Gasteiger charge is -2.23. The van der Waals surface area contributed by atoms with E-state index in [1.165, 1.54) is 23.9 Å². The van der Waals surface area contributed by atoms with Crippen LogP contribution in [0.1, 0.15) is 16.7 Å². The number of anilines is 1. The summed E-state index contributed by atoms with van der Waals surface area (Å²) in [4.78, 5) is 12.8. The van der Waals surface area contributed by atoms with Crippen molar-refractivity contribution < 1.29 is 17.9 Å². The maximum atomic E-state index is 13.3. The largest absolute Gasteiger partial charge is 0.489 e. The molecule has 4 aromatic carbocycles. The first-order valence-corrected chi connectivity index (χ1v) is 14.0. The van der Waals surface area contributed by atoms with Crippen LogP contribution in [0, 0.1) is 6.92 Å². The standard InChI is InChI=1S/C29H26BrN3O4S/c1-22-7-9-24(10-8-22)21-37-27-17-11-23(12-18-27)19-31-32-29(34)20-33(26-15-13-25(30)14-16-26)38(35,36)28-5-3-2-4-6-28/h2-19H,20-21H2,1H3,(H,32,34)/b31-19-. The van der Waals surface area contributed by atoms with Crippen molar-refractivity contribution in [2.24, 2.45) is 5.10 Å². The minimum atomic E-state index is -3.98. The second kappa shape index (κ2) is 12.5. The summed E-state index contributed by atoms with van der Waals surface area (Å²) in [6.07, 6.45) is 1.48. The molecule has 0 atom stereocenters. The number of hydrogen-bond acceptors (Lipinski definition) is 5. The van der Waals surface area contributed by atoms with E-state index >= 15 is 0 Å². The first-order chi connectivity index (χ1) is 18.3. The van der Waals surface area contributed by atoms with Gasteiger partial charge in [0.15, 0.2) is 0 Å². The second-order valence-electron chi connectivity index (χ2n) is 8.44. The molecule has 0 aliphatic carbocycles. The monoisotopic (exact) mass is 591 g/mol. The van der Waals surface area contributed by atoms with Gasteiger partial charge in [-0.1, -0.05) is 64.0 Å². The minimum absolute atomic E-state index is 0.0870. The number of ether oxygens (including phenoxy) is 1. The van der Waals surface area contributed by atoms with Crippen LogP contribution in [0.4, 0.5) is 5.69 Å². The summed E-state index contributed by atoms with van der Waals surface area (Å²) in [5, 5.41) is 3.99. The fraction of sp³-hybridized carbons (Fsp3) is 0.103. The Hall–Kier alpha value is -3.95. The molecule has 0 aliphatic heterocycles. The lowest BCUT2D eigenvalue weighted by Crippen LogP contribution is -2.39. The van der Waals surface area contributed by atoms with E-state index in [4.69, 9.17) is 4.74 Å². The maximum absolute atomic E-state index is 13.3. The Morgan fingerprint density at radius 3 is 2.24 bits per heavy atom. The Balaban J connectivity index is 1.38. The normalized spacial score (nSPS) is 11.3. The summed E-state index contributed by atoms with van der Waals surface area (Å²) >= 11 is 3.35. The van der Waals surface area contributed by atoms with E-state index in [0.29, 0.717) is 18.0 Å². The SMILES string of the molecule is Cc1ccc(COc2ccc(/C=N\NC(=O)CN(c3ccc(Br)cc3)S(=O)(=O)c3ccccc3)cc2)cc1. The van der Waals surface area contributed by atoms with Gasteiger partial charge in [0.05, 0.1) is 16.8 Å². The van der Waals surface area contributed by atoms with Gasteiger partial charge in [0.2, 0.25) is 0 Å². The number of amides is 1. The van der Waals surface area contributed by atoms with Crippen molar-refractivity contribution in [2.75, 3.05) is 10.8 Å². The highest BCUT2D eigenvalue weighted by molar-refractivity contribution is 9.10. The number of hydrogen-bond donors (Lipinski definition) is 1. The first kappa shape index (κ1) is 27.1. The van der Waals surface area contributed by atoms with Crippen LogP contribution >= 0.6 is 15.9 Å². The fourth-order valence-corrected chi connectivity index (χ4v) is 5.19. The average Bonchev–Trinajstić information content (AvgIpc) is 2.93. The molecule has 0 aliphatic rings. The van der Waals surface area contributed by atoms with Crippen molar-refractivity contribution >= 4 is 43.8 Å². The number of hydrazone groups is 1. The number of nitrogens with zero attached hydrogens (tertiary/aromatic N) is 2. The van der Waals surface area contributed by atoms with Crippen LogP contribution in [0.15, 0.2) is 118 Å². The van der Waals surface area contributed by atoms with Gasteiger partial charge >= 0.3 is 0 Å². The van der Waals surface area contributed by atoms with Gasteiger partial charge in [0.25, 0.3) is 15.9 Å². The fourth-order valence-electron chi connectivity index (χ4n) is 3.49. The molecule has 1 N–H and O–H groups in total. The number of carbonyl (C=O) groups is 1. The second-order valence-corrected chi connectivity index (χ2v) is 11.2. The Bertz CT molecular complexity index is 1490. The van der Waals surface area contributed by atoms with E-state index in [0.717, 1.165) is 19.9 Å². The predicted molar refractivity (Wildman–Crippen MR) is 153 cm³/mol. The van der Waals surface area contributed by atoms with E-state index in [1.54, 1.807) is 42.5 Å². The van der Waals surface area contributed by atoms with E-state index in [-0.39, 0.29) is 4.90 Å². The highest BCUT2D eigenvalue weighted by atomic mass is 79.9. The highest BCUT2D eigenvalue weighted by Gasteiger charge is 2.27. The van der Waals surface area contributed by atoms with Crippen LogP contribution in [0.3, 0.4) is 0 Å². The van der Waals surface area contributed by atoms with E-state index in [9.17, 15) is 13.2 Å². The summed E-state index contributed by atoms with van der Waals surface area (Å²) in [5.41, 5.74) is 5.80. The molecule has 4 aromatic rings. The van der Waals surface area contributed by atoms with Gasteiger partial charge in [0, 0.05) is 4.47 Å². The van der Waals surface area contributed by atoms with Crippen molar-refractivity contribution in [2.45, 2.75) is 18.4 Å². The molecule has 38 heavy (non-hydrogen) atoms. The van der Waals surface area contributed by atoms with Gasteiger partial charge < -0.3 is 4.74 Å². The molecule has 0 radical (unpaired) electrons. The Labute approximate surface area is 231 Å². The molecular formula is C29H26BrN3O4S. The van der Waals surface area contributed by atoms with Crippen LogP contribution in [-0.4, -0.2) is 27.1 Å². The first-order valence-electron chi connectivity index (χ1n) is 11.7. The number of carbonyl (C=O) groups excluding carboxylic acids is 1. The molecule has 7 nitrogen and oxygen atoms in total. The predicted octanol–water partition coefficient (Wildman–Crippen LogP) is 5.68. The van der Waals surface area contributed by atoms with Crippen LogP contribution in [0.25, 0.3) is 0 Å². The zero-order valence-corrected chi connectivity index (χ0v) is 23.0. The van der Waals surface area contributed by atoms with Gasteiger partial charge in [-0.2, -0.15) is 5.10 Å². The molecule has 0 spiro atoms. The Morgan fingerprint density at radius 1 is 0.921 bits per heavy atom. The van der Waals surface area contributed by atoms with Gasteiger partial charge in [-0.15, -0.1) is 0 Å². The molecule has 0 fully saturated rings. The van der Waals surface area contributed by atoms with Gasteiger partial charge in [-0.25, -0.2) is 13.8 Å². The third-order valence-corrected chi connectivity index (χ3v) is 7.86. The van der Waals surface area contributed by atoms with Gasteiger partial charge in [0.1, 0.15) is 18.9 Å². The average molecular weight is 593 g/mol. The van der Waals surface area contributed by atoms with Crippen molar-refractivity contribution in [3.8, 4) is 5.75 Å². The molecule has 0 aromatic heterocycles. The van der Waals surface area contributed by atoms with Crippen LogP contribution in [-0.2, 0) is 21.4 Å². The van der Waals surface area contributed by atoms with E-state index < -0.39 is 22.5 Å². The van der Waals surface area contributed by atoms with Crippen molar-refractivity contribution in [3.63, 3.8) is 0 Å². The molecular weight excluding hydrogens is 566 g/mol. The van der Waals surface area contributed by atoms with Crippen LogP contribution in [0.5, 0.6) is 5.75 Å². The van der Waals surface area contributed by atoms with Crippen molar-refractivity contribution in [1.82, 2.24) is 5.43 Å². The number of sulfonamides is 1. The van der Waals surface area contributed by atoms with Gasteiger partial charge in [-0.3, -0.25) is 9.10 Å². The maximum Gasteiger partial charge on any atom is 0.264 e. The van der Waals surface area contributed by atoms with Crippen molar-refractivity contribution in [3.05, 3.63) is 124 Å². The number of aryl methyl sites for hydroxylation is 1. The summed E-state index contributed by atoms with van der Waals surface area (Å²) in [5.74, 6) is 0.129. The Morgan fingerprint density at radius 2 is 1.58 bits per heavy atom. The number of halogens is 1. The van der Waals surface area contributed by atoms with E-state index in [2.05, 4.69) is 26.5 Å². The topological polar surface area (TPSA) is 88.1 Å². The summed E-state index contributed by atoms with van der Waals surface area (Å²) in [6, 6.07) is 30.1. The smallest absolute Gasteiger partial charge is 0.264 e. The summed E-state index contributed by atoms with van der Waals surface area (Å²) in [7, 11) is -3.98. The summed E-state index contributed by atoms with van der Waals surface area (Å²) < 4.78 is 34.3. The quantitative estimate of drug-likeness (QED) is 0.190. The molecule has 0 bridgehead atoms. The molecule has 0 saturated carbocycles. The number of benzene rings is 4. The third-order valence-electron chi connectivity index (χ3n) is 5.54. The zero-order chi connectivity index (χ0) is 27.0. The lowest BCUT2D eigenvalue weighted by atomic mass is 10.2. The zero-order valence-electron chi connectivity index (χ0n) is 20.6. The summed E-state index contributed by atoms with van der Waals surface area (Å²) in [6.45, 7) is 2.06. The van der Waals surface area contributed by atoms with Gasteiger partial charge in [-0.05, 0) is 78.7 Å². The molecule has 194 valence electrons. The Kier molecular flexibility index (Phi) is 8.93. The lowest BCUT2D eigenvalue weighted by molar-refractivity contribution is -0.119. The minimum Gasteiger partial charge on any atom is -0.489 e. The van der Waals surface area contributed by atoms with E-state index in [1.807, 2.05) is 55.5 Å². The molecule has 4 rings (SSSR count). The number of nitrogens with one attached hydrogen (secondary N) is 1. The molecule has 0 heterocycles. The van der Waals surface area contributed by atoms with Crippen molar-refractivity contribution in [1.29, 1.82) is 0 Å². The number of rotatable bonds is 10. The highest BCUT2D eigenvalue weighted by Crippen LogP contribution is 2.25. The third kappa shape index (κ3) is 7.30. The molecule has 1 amide bonds. The molecule has 9 heteroatoms. The molecule has 0 unspecified atom stereocenters. The van der Waals surface area contributed by atoms with Crippen LogP contribution < -0.4 is 14.5 Å². The van der Waals surface area contributed by atoms with Crippen LogP contribution in [0.2, 0.25) is 0 Å². The molecule has 0 saturated heterocycles.